The van der Waals surface area contributed by atoms with E-state index in [1.165, 1.54) is 30.3 Å². The maximum Gasteiger partial charge on any atom is 0.229 e. The van der Waals surface area contributed by atoms with Gasteiger partial charge in [-0.1, -0.05) is 6.07 Å². The van der Waals surface area contributed by atoms with Crippen molar-refractivity contribution in [2.45, 2.75) is 80.0 Å². The lowest BCUT2D eigenvalue weighted by Crippen LogP contribution is -2.60. The minimum atomic E-state index is -1.72. The average molecular weight is 615 g/mol. The lowest BCUT2D eigenvalue weighted by atomic mass is 9.93. The maximum absolute atomic E-state index is 11.0. The summed E-state index contributed by atoms with van der Waals surface area (Å²) >= 11 is 0. The van der Waals surface area contributed by atoms with Gasteiger partial charge in [0.15, 0.2) is 11.5 Å². The van der Waals surface area contributed by atoms with Gasteiger partial charge in [0, 0.05) is 24.1 Å². The Labute approximate surface area is 243 Å². The van der Waals surface area contributed by atoms with Gasteiger partial charge in [0.1, 0.15) is 72.2 Å². The zero-order chi connectivity index (χ0) is 31.2. The molecule has 0 spiro atoms. The molecule has 0 bridgehead atoms. The van der Waals surface area contributed by atoms with Crippen molar-refractivity contribution in [3.63, 3.8) is 0 Å². The molecule has 238 valence electrons. The van der Waals surface area contributed by atoms with Crippen LogP contribution in [-0.2, 0) is 15.9 Å². The second-order valence-corrected chi connectivity index (χ2v) is 10.6. The van der Waals surface area contributed by atoms with Crippen LogP contribution in [0.5, 0.6) is 28.7 Å². The van der Waals surface area contributed by atoms with Gasteiger partial charge in [-0.25, -0.2) is 0 Å². The number of aromatic hydroxyl groups is 2. The van der Waals surface area contributed by atoms with E-state index in [0.717, 1.165) is 0 Å². The lowest BCUT2D eigenvalue weighted by Gasteiger charge is -2.40. The standard InChI is InChI=1S/C27H34O16/c28-7-17-19(33)21(35)23(37)26(42-17)40-14-2-1-9(3-12(14)31)25-13(32)6-11-15(39-25)4-10(30)5-16(11)41-27-24(38)22(36)20(34)18(8-29)43-27/h1-5,13,17-38H,6-8H2. The zero-order valence-corrected chi connectivity index (χ0v) is 22.4. The Bertz CT molecular complexity index is 1270. The third-order valence-corrected chi connectivity index (χ3v) is 7.66. The largest absolute Gasteiger partial charge is 0.508 e. The number of aliphatic hydroxyl groups is 9. The van der Waals surface area contributed by atoms with Crippen LogP contribution in [0.3, 0.4) is 0 Å². The second kappa shape index (κ2) is 12.5. The van der Waals surface area contributed by atoms with E-state index in [2.05, 4.69) is 0 Å². The first kappa shape index (κ1) is 31.4. The Morgan fingerprint density at radius 3 is 1.77 bits per heavy atom. The molecule has 16 nitrogen and oxygen atoms in total. The highest BCUT2D eigenvalue weighted by Crippen LogP contribution is 2.44. The van der Waals surface area contributed by atoms with Crippen molar-refractivity contribution in [1.29, 1.82) is 0 Å². The minimum Gasteiger partial charge on any atom is -0.508 e. The smallest absolute Gasteiger partial charge is 0.229 e. The van der Waals surface area contributed by atoms with Crippen LogP contribution in [0.4, 0.5) is 0 Å². The third-order valence-electron chi connectivity index (χ3n) is 7.66. The van der Waals surface area contributed by atoms with E-state index in [-0.39, 0.29) is 40.5 Å². The molecule has 2 saturated heterocycles. The average Bonchev–Trinajstić information content (AvgIpc) is 2.98. The number of phenolic OH excluding ortho intramolecular Hbond substituents is 2. The fraction of sp³-hybridized carbons (Fsp3) is 0.556. The van der Waals surface area contributed by atoms with E-state index in [1.54, 1.807) is 0 Å². The van der Waals surface area contributed by atoms with Crippen LogP contribution in [-0.4, -0.2) is 137 Å². The molecule has 0 saturated carbocycles. The Kier molecular flexibility index (Phi) is 9.17. The summed E-state index contributed by atoms with van der Waals surface area (Å²) in [4.78, 5) is 0. The molecule has 0 radical (unpaired) electrons. The molecule has 3 heterocycles. The third kappa shape index (κ3) is 6.04. The predicted molar refractivity (Wildman–Crippen MR) is 138 cm³/mol. The molecule has 5 rings (SSSR count). The summed E-state index contributed by atoms with van der Waals surface area (Å²) in [5.41, 5.74) is 0.543. The summed E-state index contributed by atoms with van der Waals surface area (Å²) in [6.07, 6.45) is -17.9. The number of phenols is 2. The monoisotopic (exact) mass is 614 g/mol. The molecule has 2 aromatic carbocycles. The van der Waals surface area contributed by atoms with E-state index < -0.39 is 92.6 Å². The maximum atomic E-state index is 11.0. The van der Waals surface area contributed by atoms with Crippen molar-refractivity contribution in [3.05, 3.63) is 41.5 Å². The Morgan fingerprint density at radius 1 is 0.674 bits per heavy atom. The van der Waals surface area contributed by atoms with Crippen molar-refractivity contribution in [1.82, 2.24) is 0 Å². The molecular weight excluding hydrogens is 580 g/mol. The first-order chi connectivity index (χ1) is 20.4. The van der Waals surface area contributed by atoms with Crippen molar-refractivity contribution in [3.8, 4) is 28.7 Å². The second-order valence-electron chi connectivity index (χ2n) is 10.6. The molecule has 0 aromatic heterocycles. The van der Waals surface area contributed by atoms with Gasteiger partial charge in [-0.05, 0) is 17.7 Å². The van der Waals surface area contributed by atoms with E-state index in [1.807, 2.05) is 0 Å². The van der Waals surface area contributed by atoms with Gasteiger partial charge in [-0.3, -0.25) is 0 Å². The molecule has 11 N–H and O–H groups in total. The van der Waals surface area contributed by atoms with Crippen molar-refractivity contribution < 1.29 is 79.9 Å². The quantitative estimate of drug-likeness (QED) is 0.144. The van der Waals surface area contributed by atoms with Gasteiger partial charge in [-0.15, -0.1) is 0 Å². The number of ether oxygens (including phenoxy) is 5. The Morgan fingerprint density at radius 2 is 1.23 bits per heavy atom. The fourth-order valence-corrected chi connectivity index (χ4v) is 5.23. The zero-order valence-electron chi connectivity index (χ0n) is 22.4. The molecular formula is C27H34O16. The molecule has 3 aliphatic heterocycles. The summed E-state index contributed by atoms with van der Waals surface area (Å²) in [5, 5.41) is 111. The first-order valence-corrected chi connectivity index (χ1v) is 13.4. The molecule has 43 heavy (non-hydrogen) atoms. The van der Waals surface area contributed by atoms with Gasteiger partial charge in [0.2, 0.25) is 12.6 Å². The van der Waals surface area contributed by atoms with E-state index >= 15 is 0 Å². The van der Waals surface area contributed by atoms with Crippen LogP contribution in [0, 0.1) is 0 Å². The lowest BCUT2D eigenvalue weighted by molar-refractivity contribution is -0.277. The predicted octanol–water partition coefficient (Wildman–Crippen LogP) is -3.51. The van der Waals surface area contributed by atoms with Crippen LogP contribution < -0.4 is 14.2 Å². The topological polar surface area (TPSA) is 269 Å². The SMILES string of the molecule is OCC1OC(Oc2ccc(C3Oc4cc(O)cc(OC5OC(CO)C(O)C(O)C5O)c4CC3O)cc2O)C(O)C(O)C1O. The number of hydrogen-bond donors (Lipinski definition) is 11. The minimum absolute atomic E-state index is 0.0667. The van der Waals surface area contributed by atoms with Crippen LogP contribution in [0.15, 0.2) is 30.3 Å². The van der Waals surface area contributed by atoms with Gasteiger partial charge in [-0.2, -0.15) is 0 Å². The van der Waals surface area contributed by atoms with Crippen LogP contribution in [0.1, 0.15) is 17.2 Å². The molecule has 2 aromatic rings. The van der Waals surface area contributed by atoms with Crippen LogP contribution >= 0.6 is 0 Å². The van der Waals surface area contributed by atoms with Crippen LogP contribution in [0.25, 0.3) is 0 Å². The summed E-state index contributed by atoms with van der Waals surface area (Å²) in [5.74, 6) is -0.955. The number of aliphatic hydroxyl groups excluding tert-OH is 9. The van der Waals surface area contributed by atoms with Gasteiger partial charge < -0.3 is 79.9 Å². The van der Waals surface area contributed by atoms with Crippen molar-refractivity contribution >= 4 is 0 Å². The summed E-state index contributed by atoms with van der Waals surface area (Å²) < 4.78 is 27.8. The number of fused-ring (bicyclic) bond motifs is 1. The molecule has 12 unspecified atom stereocenters. The number of rotatable bonds is 7. The number of benzene rings is 2. The van der Waals surface area contributed by atoms with E-state index in [4.69, 9.17) is 23.7 Å². The molecule has 0 aliphatic carbocycles. The normalized spacial score (nSPS) is 37.7. The highest BCUT2D eigenvalue weighted by atomic mass is 16.7. The van der Waals surface area contributed by atoms with Gasteiger partial charge in [0.05, 0.1) is 19.3 Å². The number of hydrogen-bond acceptors (Lipinski definition) is 16. The van der Waals surface area contributed by atoms with Crippen molar-refractivity contribution in [2.75, 3.05) is 13.2 Å². The Hall–Kier alpha value is -3.00. The first-order valence-electron chi connectivity index (χ1n) is 13.4. The van der Waals surface area contributed by atoms with Crippen molar-refractivity contribution in [2.24, 2.45) is 0 Å². The molecule has 3 aliphatic rings. The molecule has 0 amide bonds. The van der Waals surface area contributed by atoms with Gasteiger partial charge in [0.25, 0.3) is 0 Å². The highest BCUT2D eigenvalue weighted by Gasteiger charge is 2.46. The van der Waals surface area contributed by atoms with E-state index in [0.29, 0.717) is 0 Å². The highest BCUT2D eigenvalue weighted by molar-refractivity contribution is 5.53. The summed E-state index contributed by atoms with van der Waals surface area (Å²) in [6.45, 7) is -1.34. The summed E-state index contributed by atoms with van der Waals surface area (Å²) in [6, 6.07) is 6.37. The molecule has 2 fully saturated rings. The fourth-order valence-electron chi connectivity index (χ4n) is 5.23. The Balaban J connectivity index is 1.33. The van der Waals surface area contributed by atoms with Crippen LogP contribution in [0.2, 0.25) is 0 Å². The molecule has 12 atom stereocenters. The summed E-state index contributed by atoms with van der Waals surface area (Å²) in [7, 11) is 0. The van der Waals surface area contributed by atoms with Gasteiger partial charge >= 0.3 is 0 Å². The molecule has 16 heteroatoms. The van der Waals surface area contributed by atoms with E-state index in [9.17, 15) is 56.2 Å².